The Balaban J connectivity index is 1.84. The van der Waals surface area contributed by atoms with Gasteiger partial charge in [-0.25, -0.2) is 23.2 Å². The maximum absolute atomic E-state index is 11.6. The van der Waals surface area contributed by atoms with Crippen LogP contribution in [0.1, 0.15) is 12.8 Å². The highest BCUT2D eigenvalue weighted by molar-refractivity contribution is 9.10. The van der Waals surface area contributed by atoms with Crippen molar-refractivity contribution < 1.29 is 23.1 Å². The Bertz CT molecular complexity index is 926. The number of ether oxygens (including phenoxy) is 1. The molecule has 0 saturated carbocycles. The molecule has 25 heavy (non-hydrogen) atoms. The third kappa shape index (κ3) is 4.01. The summed E-state index contributed by atoms with van der Waals surface area (Å²) >= 11 is 3.43. The van der Waals surface area contributed by atoms with Gasteiger partial charge in [0.15, 0.2) is 0 Å². The number of halogens is 1. The predicted octanol–water partition coefficient (Wildman–Crippen LogP) is 2.32. The summed E-state index contributed by atoms with van der Waals surface area (Å²) in [6, 6.07) is 3.43. The molecule has 0 aliphatic carbocycles. The average Bonchev–Trinajstić information content (AvgIpc) is 2.54. The SMILES string of the molecule is CS(=O)(=O)c1ncc2cc(Br)c(OC3CCN(C(=O)O)CC3)cc2n1. The molecule has 0 unspecified atom stereocenters. The number of carboxylic acid groups (broad SMARTS) is 1. The minimum Gasteiger partial charge on any atom is -0.489 e. The van der Waals surface area contributed by atoms with E-state index in [9.17, 15) is 13.2 Å². The highest BCUT2D eigenvalue weighted by atomic mass is 79.9. The minimum atomic E-state index is -3.49. The first kappa shape index (κ1) is 17.9. The molecule has 1 aliphatic rings. The molecule has 1 aromatic carbocycles. The van der Waals surface area contributed by atoms with Gasteiger partial charge in [-0.1, -0.05) is 0 Å². The van der Waals surface area contributed by atoms with Crippen molar-refractivity contribution in [3.05, 3.63) is 22.8 Å². The normalized spacial score (nSPS) is 16.2. The zero-order valence-electron chi connectivity index (χ0n) is 13.3. The smallest absolute Gasteiger partial charge is 0.407 e. The topological polar surface area (TPSA) is 110 Å². The zero-order valence-corrected chi connectivity index (χ0v) is 15.7. The summed E-state index contributed by atoms with van der Waals surface area (Å²) in [4.78, 5) is 20.3. The van der Waals surface area contributed by atoms with Gasteiger partial charge < -0.3 is 14.7 Å². The molecular formula is C15H16BrN3O5S. The van der Waals surface area contributed by atoms with Crippen LogP contribution in [0.5, 0.6) is 5.75 Å². The van der Waals surface area contributed by atoms with Crippen molar-refractivity contribution in [3.63, 3.8) is 0 Å². The van der Waals surface area contributed by atoms with E-state index in [0.717, 1.165) is 6.26 Å². The maximum atomic E-state index is 11.6. The van der Waals surface area contributed by atoms with E-state index >= 15 is 0 Å². The Hall–Kier alpha value is -1.94. The van der Waals surface area contributed by atoms with Crippen LogP contribution in [0, 0.1) is 0 Å². The second kappa shape index (κ2) is 6.75. The Morgan fingerprint density at radius 3 is 2.64 bits per heavy atom. The van der Waals surface area contributed by atoms with E-state index in [2.05, 4.69) is 25.9 Å². The van der Waals surface area contributed by atoms with E-state index in [0.29, 0.717) is 47.1 Å². The number of aromatic nitrogens is 2. The Kier molecular flexibility index (Phi) is 4.83. The van der Waals surface area contributed by atoms with Gasteiger partial charge in [-0.3, -0.25) is 0 Å². The number of carbonyl (C=O) groups is 1. The number of rotatable bonds is 3. The fraction of sp³-hybridized carbons (Fsp3) is 0.400. The number of piperidine rings is 1. The summed E-state index contributed by atoms with van der Waals surface area (Å²) in [6.07, 6.45) is 2.67. The van der Waals surface area contributed by atoms with Gasteiger partial charge in [-0.15, -0.1) is 0 Å². The minimum absolute atomic E-state index is 0.111. The molecule has 8 nitrogen and oxygen atoms in total. The van der Waals surface area contributed by atoms with Crippen molar-refractivity contribution in [2.75, 3.05) is 19.3 Å². The van der Waals surface area contributed by atoms with E-state index in [4.69, 9.17) is 9.84 Å². The van der Waals surface area contributed by atoms with Crippen LogP contribution in [0.2, 0.25) is 0 Å². The Morgan fingerprint density at radius 1 is 1.36 bits per heavy atom. The zero-order chi connectivity index (χ0) is 18.2. The standard InChI is InChI=1S/C15H16BrN3O5S/c1-25(22,23)14-17-8-9-6-11(16)13(7-12(9)18-14)24-10-2-4-19(5-3-10)15(20)21/h6-8,10H,2-5H2,1H3,(H,20,21). The van der Waals surface area contributed by atoms with Crippen LogP contribution in [0.25, 0.3) is 10.9 Å². The molecule has 0 radical (unpaired) electrons. The molecule has 1 aliphatic heterocycles. The average molecular weight is 430 g/mol. The van der Waals surface area contributed by atoms with Crippen LogP contribution in [0.3, 0.4) is 0 Å². The third-order valence-electron chi connectivity index (χ3n) is 3.95. The lowest BCUT2D eigenvalue weighted by atomic mass is 10.1. The molecule has 0 atom stereocenters. The summed E-state index contributed by atoms with van der Waals surface area (Å²) in [5.74, 6) is 0.541. The van der Waals surface area contributed by atoms with Gasteiger partial charge in [-0.2, -0.15) is 0 Å². The van der Waals surface area contributed by atoms with Crippen molar-refractivity contribution in [1.29, 1.82) is 0 Å². The van der Waals surface area contributed by atoms with Crippen molar-refractivity contribution in [1.82, 2.24) is 14.9 Å². The van der Waals surface area contributed by atoms with Crippen LogP contribution >= 0.6 is 15.9 Å². The Labute approximate surface area is 152 Å². The van der Waals surface area contributed by atoms with Crippen LogP contribution in [-0.4, -0.2) is 59.9 Å². The van der Waals surface area contributed by atoms with E-state index < -0.39 is 15.9 Å². The van der Waals surface area contributed by atoms with Gasteiger partial charge in [0.2, 0.25) is 15.0 Å². The molecule has 1 N–H and O–H groups in total. The molecule has 1 saturated heterocycles. The van der Waals surface area contributed by atoms with E-state index in [1.165, 1.54) is 11.1 Å². The number of hydrogen-bond acceptors (Lipinski definition) is 6. The summed E-state index contributed by atoms with van der Waals surface area (Å²) in [5.41, 5.74) is 0.469. The molecule has 10 heteroatoms. The number of fused-ring (bicyclic) bond motifs is 1. The lowest BCUT2D eigenvalue weighted by Gasteiger charge is -2.30. The quantitative estimate of drug-likeness (QED) is 0.745. The van der Waals surface area contributed by atoms with Crippen LogP contribution in [0.4, 0.5) is 4.79 Å². The van der Waals surface area contributed by atoms with Gasteiger partial charge in [0.1, 0.15) is 11.9 Å². The molecule has 3 rings (SSSR count). The van der Waals surface area contributed by atoms with Crippen LogP contribution < -0.4 is 4.74 Å². The molecule has 134 valence electrons. The first-order valence-electron chi connectivity index (χ1n) is 7.55. The number of benzene rings is 1. The number of nitrogens with zero attached hydrogens (tertiary/aromatic N) is 3. The summed E-state index contributed by atoms with van der Waals surface area (Å²) in [7, 11) is -3.49. The molecular weight excluding hydrogens is 414 g/mol. The third-order valence-corrected chi connectivity index (χ3v) is 5.43. The fourth-order valence-corrected chi connectivity index (χ4v) is 3.59. The molecule has 0 bridgehead atoms. The fourth-order valence-electron chi connectivity index (χ4n) is 2.63. The van der Waals surface area contributed by atoms with Gasteiger partial charge in [0.25, 0.3) is 0 Å². The number of amides is 1. The predicted molar refractivity (Wildman–Crippen MR) is 93.6 cm³/mol. The van der Waals surface area contributed by atoms with E-state index in [-0.39, 0.29) is 11.3 Å². The van der Waals surface area contributed by atoms with Gasteiger partial charge in [-0.05, 0) is 22.0 Å². The van der Waals surface area contributed by atoms with Gasteiger partial charge >= 0.3 is 6.09 Å². The Morgan fingerprint density at radius 2 is 2.04 bits per heavy atom. The largest absolute Gasteiger partial charge is 0.489 e. The number of likely N-dealkylation sites (tertiary alicyclic amines) is 1. The summed E-state index contributed by atoms with van der Waals surface area (Å²) in [5, 5.41) is 9.44. The molecule has 1 aromatic heterocycles. The molecule has 1 amide bonds. The van der Waals surface area contributed by atoms with E-state index in [1.807, 2.05) is 0 Å². The van der Waals surface area contributed by atoms with Gasteiger partial charge in [0, 0.05) is 49.8 Å². The lowest BCUT2D eigenvalue weighted by Crippen LogP contribution is -2.41. The van der Waals surface area contributed by atoms with Crippen LogP contribution in [0.15, 0.2) is 28.0 Å². The number of hydrogen-bond donors (Lipinski definition) is 1. The maximum Gasteiger partial charge on any atom is 0.407 e. The lowest BCUT2D eigenvalue weighted by molar-refractivity contribution is 0.0891. The van der Waals surface area contributed by atoms with Crippen molar-refractivity contribution in [2.24, 2.45) is 0 Å². The van der Waals surface area contributed by atoms with Crippen LogP contribution in [-0.2, 0) is 9.84 Å². The highest BCUT2D eigenvalue weighted by Gasteiger charge is 2.24. The summed E-state index contributed by atoms with van der Waals surface area (Å²) < 4.78 is 29.9. The first-order chi connectivity index (χ1) is 11.7. The molecule has 1 fully saturated rings. The van der Waals surface area contributed by atoms with Crippen molar-refractivity contribution in [3.8, 4) is 5.75 Å². The second-order valence-corrected chi connectivity index (χ2v) is 8.62. The van der Waals surface area contributed by atoms with Crippen molar-refractivity contribution in [2.45, 2.75) is 24.1 Å². The monoisotopic (exact) mass is 429 g/mol. The van der Waals surface area contributed by atoms with Gasteiger partial charge in [0.05, 0.1) is 9.99 Å². The molecule has 2 heterocycles. The molecule has 0 spiro atoms. The highest BCUT2D eigenvalue weighted by Crippen LogP contribution is 2.32. The molecule has 2 aromatic rings. The number of sulfone groups is 1. The van der Waals surface area contributed by atoms with Crippen molar-refractivity contribution >= 4 is 42.8 Å². The first-order valence-corrected chi connectivity index (χ1v) is 10.2. The van der Waals surface area contributed by atoms with E-state index in [1.54, 1.807) is 12.1 Å². The second-order valence-electron chi connectivity index (χ2n) is 5.85. The summed E-state index contributed by atoms with van der Waals surface area (Å²) in [6.45, 7) is 0.844.